The minimum atomic E-state index is -0.816. The molecule has 0 heterocycles. The summed E-state index contributed by atoms with van der Waals surface area (Å²) in [6, 6.07) is 24.2. The monoisotopic (exact) mass is 429 g/mol. The summed E-state index contributed by atoms with van der Waals surface area (Å²) in [5, 5.41) is 8.04. The van der Waals surface area contributed by atoms with Gasteiger partial charge in [0.2, 0.25) is 0 Å². The van der Waals surface area contributed by atoms with Crippen molar-refractivity contribution in [1.82, 2.24) is 10.6 Å². The third-order valence-corrected chi connectivity index (χ3v) is 5.14. The van der Waals surface area contributed by atoms with E-state index in [-0.39, 0.29) is 17.5 Å². The summed E-state index contributed by atoms with van der Waals surface area (Å²) in [6.45, 7) is 4.66. The smallest absolute Gasteiger partial charge is 0.313 e. The fourth-order valence-corrected chi connectivity index (χ4v) is 3.18. The van der Waals surface area contributed by atoms with Crippen LogP contribution >= 0.6 is 0 Å². The summed E-state index contributed by atoms with van der Waals surface area (Å²) < 4.78 is 0. The molecule has 0 aliphatic carbocycles. The Morgan fingerprint density at radius 2 is 1.44 bits per heavy atom. The normalized spacial score (nSPS) is 11.3. The lowest BCUT2D eigenvalue weighted by Gasteiger charge is -2.14. The minimum absolute atomic E-state index is 0.0628. The maximum atomic E-state index is 12.7. The molecule has 164 valence electrons. The maximum absolute atomic E-state index is 12.7. The van der Waals surface area contributed by atoms with Gasteiger partial charge in [0.05, 0.1) is 11.3 Å². The van der Waals surface area contributed by atoms with Crippen molar-refractivity contribution in [2.45, 2.75) is 26.3 Å². The Kier molecular flexibility index (Phi) is 7.75. The number of amides is 3. The highest BCUT2D eigenvalue weighted by Gasteiger charge is 2.18. The van der Waals surface area contributed by atoms with Crippen molar-refractivity contribution >= 4 is 23.4 Å². The first kappa shape index (κ1) is 22.7. The molecule has 3 rings (SSSR count). The maximum Gasteiger partial charge on any atom is 0.313 e. The summed E-state index contributed by atoms with van der Waals surface area (Å²) in [7, 11) is 0. The Bertz CT molecular complexity index is 1080. The summed E-state index contributed by atoms with van der Waals surface area (Å²) in [5.41, 5.74) is 3.76. The van der Waals surface area contributed by atoms with Crippen molar-refractivity contribution in [3.63, 3.8) is 0 Å². The second kappa shape index (κ2) is 10.9. The SMILES string of the molecule is Cc1ccc(CNC(=O)c2ccccc2NC(=O)C(=O)NC[C@@H](C)c2ccccc2)cc1. The van der Waals surface area contributed by atoms with Crippen LogP contribution in [-0.4, -0.2) is 24.3 Å². The van der Waals surface area contributed by atoms with Crippen LogP contribution in [0.15, 0.2) is 78.9 Å². The van der Waals surface area contributed by atoms with Gasteiger partial charge in [-0.15, -0.1) is 0 Å². The van der Waals surface area contributed by atoms with Gasteiger partial charge < -0.3 is 16.0 Å². The zero-order valence-corrected chi connectivity index (χ0v) is 18.2. The molecule has 6 heteroatoms. The van der Waals surface area contributed by atoms with Gasteiger partial charge in [-0.25, -0.2) is 0 Å². The molecule has 0 aliphatic rings. The molecule has 0 spiro atoms. The minimum Gasteiger partial charge on any atom is -0.348 e. The van der Waals surface area contributed by atoms with Gasteiger partial charge in [0.25, 0.3) is 5.91 Å². The predicted molar refractivity (Wildman–Crippen MR) is 125 cm³/mol. The van der Waals surface area contributed by atoms with Gasteiger partial charge in [-0.2, -0.15) is 0 Å². The number of carbonyl (C=O) groups is 3. The molecule has 0 radical (unpaired) electrons. The molecule has 3 amide bonds. The zero-order valence-electron chi connectivity index (χ0n) is 18.2. The summed E-state index contributed by atoms with van der Waals surface area (Å²) in [4.78, 5) is 37.3. The standard InChI is InChI=1S/C26H27N3O3/c1-18-12-14-20(15-13-18)17-28-24(30)22-10-6-7-11-23(22)29-26(32)25(31)27-16-19(2)21-8-4-3-5-9-21/h3-15,19H,16-17H2,1-2H3,(H,27,31)(H,28,30)(H,29,32)/t19-/m1/s1. The number of nitrogens with one attached hydrogen (secondary N) is 3. The molecular formula is C26H27N3O3. The van der Waals surface area contributed by atoms with Crippen molar-refractivity contribution < 1.29 is 14.4 Å². The molecular weight excluding hydrogens is 402 g/mol. The van der Waals surface area contributed by atoms with Crippen molar-refractivity contribution in [3.05, 3.63) is 101 Å². The van der Waals surface area contributed by atoms with Crippen molar-refractivity contribution in [2.24, 2.45) is 0 Å². The first-order valence-corrected chi connectivity index (χ1v) is 10.5. The van der Waals surface area contributed by atoms with Crippen LogP contribution in [0, 0.1) is 6.92 Å². The summed E-state index contributed by atoms with van der Waals surface area (Å²) in [6.07, 6.45) is 0. The van der Waals surface area contributed by atoms with E-state index < -0.39 is 11.8 Å². The van der Waals surface area contributed by atoms with Crippen LogP contribution in [0.4, 0.5) is 5.69 Å². The van der Waals surface area contributed by atoms with E-state index in [0.29, 0.717) is 18.7 Å². The second-order valence-electron chi connectivity index (χ2n) is 7.69. The number of hydrogen-bond donors (Lipinski definition) is 3. The number of rotatable bonds is 7. The second-order valence-corrected chi connectivity index (χ2v) is 7.69. The molecule has 0 aliphatic heterocycles. The van der Waals surface area contributed by atoms with Crippen LogP contribution in [0.2, 0.25) is 0 Å². The van der Waals surface area contributed by atoms with Gasteiger partial charge in [0.1, 0.15) is 0 Å². The molecule has 3 N–H and O–H groups in total. The number of benzene rings is 3. The molecule has 3 aromatic rings. The fourth-order valence-electron chi connectivity index (χ4n) is 3.18. The number of anilines is 1. The van der Waals surface area contributed by atoms with Gasteiger partial charge >= 0.3 is 11.8 Å². The van der Waals surface area contributed by atoms with Gasteiger partial charge in [-0.05, 0) is 36.1 Å². The Hall–Kier alpha value is -3.93. The number of para-hydroxylation sites is 1. The van der Waals surface area contributed by atoms with Crippen LogP contribution in [-0.2, 0) is 16.1 Å². The molecule has 0 fully saturated rings. The third-order valence-electron chi connectivity index (χ3n) is 5.14. The van der Waals surface area contributed by atoms with Gasteiger partial charge in [-0.1, -0.05) is 79.2 Å². The highest BCUT2D eigenvalue weighted by molar-refractivity contribution is 6.40. The van der Waals surface area contributed by atoms with E-state index >= 15 is 0 Å². The average Bonchev–Trinajstić information content (AvgIpc) is 2.82. The lowest BCUT2D eigenvalue weighted by atomic mass is 10.0. The summed E-state index contributed by atoms with van der Waals surface area (Å²) >= 11 is 0. The van der Waals surface area contributed by atoms with Crippen LogP contribution in [0.3, 0.4) is 0 Å². The zero-order chi connectivity index (χ0) is 22.9. The first-order chi connectivity index (χ1) is 15.4. The lowest BCUT2D eigenvalue weighted by Crippen LogP contribution is -2.37. The number of carbonyl (C=O) groups excluding carboxylic acids is 3. The molecule has 1 atom stereocenters. The fraction of sp³-hybridized carbons (Fsp3) is 0.192. The third kappa shape index (κ3) is 6.28. The van der Waals surface area contributed by atoms with E-state index in [2.05, 4.69) is 16.0 Å². The van der Waals surface area contributed by atoms with Crippen LogP contribution in [0.5, 0.6) is 0 Å². The van der Waals surface area contributed by atoms with E-state index in [1.54, 1.807) is 24.3 Å². The van der Waals surface area contributed by atoms with E-state index in [1.807, 2.05) is 68.4 Å². The molecule has 0 aromatic heterocycles. The molecule has 6 nitrogen and oxygen atoms in total. The van der Waals surface area contributed by atoms with Crippen LogP contribution in [0.25, 0.3) is 0 Å². The predicted octanol–water partition coefficient (Wildman–Crippen LogP) is 3.78. The Morgan fingerprint density at radius 1 is 0.781 bits per heavy atom. The van der Waals surface area contributed by atoms with Crippen LogP contribution < -0.4 is 16.0 Å². The Morgan fingerprint density at radius 3 is 2.16 bits per heavy atom. The molecule has 0 bridgehead atoms. The average molecular weight is 430 g/mol. The number of aryl methyl sites for hydroxylation is 1. The molecule has 32 heavy (non-hydrogen) atoms. The van der Waals surface area contributed by atoms with E-state index in [4.69, 9.17) is 0 Å². The largest absolute Gasteiger partial charge is 0.348 e. The van der Waals surface area contributed by atoms with E-state index in [9.17, 15) is 14.4 Å². The van der Waals surface area contributed by atoms with Gasteiger partial charge in [0.15, 0.2) is 0 Å². The van der Waals surface area contributed by atoms with Crippen molar-refractivity contribution in [2.75, 3.05) is 11.9 Å². The molecule has 0 saturated carbocycles. The van der Waals surface area contributed by atoms with E-state index in [1.165, 1.54) is 0 Å². The van der Waals surface area contributed by atoms with Gasteiger partial charge in [-0.3, -0.25) is 14.4 Å². The molecule has 0 saturated heterocycles. The number of hydrogen-bond acceptors (Lipinski definition) is 3. The van der Waals surface area contributed by atoms with Crippen molar-refractivity contribution in [1.29, 1.82) is 0 Å². The highest BCUT2D eigenvalue weighted by atomic mass is 16.2. The lowest BCUT2D eigenvalue weighted by molar-refractivity contribution is -0.136. The Balaban J connectivity index is 1.57. The highest BCUT2D eigenvalue weighted by Crippen LogP contribution is 2.16. The Labute approximate surface area is 188 Å². The summed E-state index contributed by atoms with van der Waals surface area (Å²) in [5.74, 6) is -1.83. The van der Waals surface area contributed by atoms with Crippen LogP contribution in [0.1, 0.15) is 39.9 Å². The quantitative estimate of drug-likeness (QED) is 0.500. The molecule has 3 aromatic carbocycles. The topological polar surface area (TPSA) is 87.3 Å². The first-order valence-electron chi connectivity index (χ1n) is 10.5. The van der Waals surface area contributed by atoms with Gasteiger partial charge in [0, 0.05) is 13.1 Å². The molecule has 0 unspecified atom stereocenters. The van der Waals surface area contributed by atoms with Crippen molar-refractivity contribution in [3.8, 4) is 0 Å². The van der Waals surface area contributed by atoms with E-state index in [0.717, 1.165) is 16.7 Å².